The van der Waals surface area contributed by atoms with Crippen molar-refractivity contribution in [2.24, 2.45) is 0 Å². The zero-order valence-electron chi connectivity index (χ0n) is 12.4. The molecule has 1 aromatic rings. The summed E-state index contributed by atoms with van der Waals surface area (Å²) in [5.41, 5.74) is 2.59. The molecule has 0 saturated carbocycles. The monoisotopic (exact) mass is 351 g/mol. The average Bonchev–Trinajstić information content (AvgIpc) is 2.73. The van der Waals surface area contributed by atoms with Crippen LogP contribution in [0, 0.1) is 0 Å². The van der Waals surface area contributed by atoms with Gasteiger partial charge in [0.2, 0.25) is 0 Å². The topological polar surface area (TPSA) is 40.5 Å². The highest BCUT2D eigenvalue weighted by Crippen LogP contribution is 2.29. The lowest BCUT2D eigenvalue weighted by atomic mass is 10.1. The van der Waals surface area contributed by atoms with Crippen LogP contribution in [0.3, 0.4) is 0 Å². The molecule has 4 heteroatoms. The number of rotatable bonds is 4. The fourth-order valence-corrected chi connectivity index (χ4v) is 3.12. The van der Waals surface area contributed by atoms with Crippen molar-refractivity contribution >= 4 is 33.7 Å². The first-order valence-electron chi connectivity index (χ1n) is 7.60. The summed E-state index contributed by atoms with van der Waals surface area (Å²) >= 11 is 3.49. The molecule has 1 fully saturated rings. The molecule has 0 unspecified atom stereocenters. The third-order valence-corrected chi connectivity index (χ3v) is 4.41. The Balaban J connectivity index is 2.39. The van der Waals surface area contributed by atoms with Crippen molar-refractivity contribution in [1.29, 1.82) is 0 Å². The summed E-state index contributed by atoms with van der Waals surface area (Å²) in [5, 5.41) is 9.26. The number of carboxylic acids is 1. The molecule has 0 spiro atoms. The lowest BCUT2D eigenvalue weighted by Crippen LogP contribution is -2.24. The summed E-state index contributed by atoms with van der Waals surface area (Å²) in [6.07, 6.45) is 7.33. The largest absolute Gasteiger partial charge is 0.478 e. The Morgan fingerprint density at radius 1 is 1.29 bits per heavy atom. The van der Waals surface area contributed by atoms with Gasteiger partial charge in [0.25, 0.3) is 0 Å². The number of anilines is 1. The first kappa shape index (κ1) is 16.1. The number of carboxylic acid groups (broad SMARTS) is 1. The summed E-state index contributed by atoms with van der Waals surface area (Å²) < 4.78 is 0.980. The van der Waals surface area contributed by atoms with Gasteiger partial charge < -0.3 is 10.0 Å². The van der Waals surface area contributed by atoms with Gasteiger partial charge in [0.15, 0.2) is 0 Å². The Kier molecular flexibility index (Phi) is 5.85. The number of hydrogen-bond acceptors (Lipinski definition) is 2. The number of nitrogens with zero attached hydrogens (tertiary/aromatic N) is 1. The van der Waals surface area contributed by atoms with Crippen molar-refractivity contribution in [1.82, 2.24) is 0 Å². The maximum absolute atomic E-state index is 11.3. The normalized spacial score (nSPS) is 16.7. The average molecular weight is 352 g/mol. The van der Waals surface area contributed by atoms with Gasteiger partial charge in [-0.3, -0.25) is 0 Å². The molecular formula is C17H22BrNO2. The van der Waals surface area contributed by atoms with E-state index in [2.05, 4.69) is 26.9 Å². The van der Waals surface area contributed by atoms with E-state index in [9.17, 15) is 9.90 Å². The smallest absolute Gasteiger partial charge is 0.331 e. The molecule has 1 heterocycles. The summed E-state index contributed by atoms with van der Waals surface area (Å²) in [4.78, 5) is 13.7. The van der Waals surface area contributed by atoms with Crippen LogP contribution < -0.4 is 4.90 Å². The van der Waals surface area contributed by atoms with Gasteiger partial charge in [-0.2, -0.15) is 0 Å². The molecule has 21 heavy (non-hydrogen) atoms. The zero-order valence-corrected chi connectivity index (χ0v) is 14.0. The molecule has 0 amide bonds. The maximum Gasteiger partial charge on any atom is 0.331 e. The molecule has 1 aliphatic rings. The molecule has 2 rings (SSSR count). The number of hydrogen-bond donors (Lipinski definition) is 1. The summed E-state index contributed by atoms with van der Waals surface area (Å²) in [6, 6.07) is 6.14. The Morgan fingerprint density at radius 3 is 2.52 bits per heavy atom. The molecule has 3 nitrogen and oxygen atoms in total. The van der Waals surface area contributed by atoms with Gasteiger partial charge in [0, 0.05) is 28.8 Å². The fraction of sp³-hybridized carbons (Fsp3) is 0.471. The van der Waals surface area contributed by atoms with Gasteiger partial charge in [-0.1, -0.05) is 35.7 Å². The van der Waals surface area contributed by atoms with E-state index in [1.165, 1.54) is 25.7 Å². The summed E-state index contributed by atoms with van der Waals surface area (Å²) in [6.45, 7) is 3.98. The van der Waals surface area contributed by atoms with Crippen LogP contribution in [0.4, 0.5) is 5.69 Å². The highest BCUT2D eigenvalue weighted by atomic mass is 79.9. The van der Waals surface area contributed by atoms with Crippen molar-refractivity contribution < 1.29 is 9.90 Å². The van der Waals surface area contributed by atoms with Gasteiger partial charge in [0.1, 0.15) is 0 Å². The van der Waals surface area contributed by atoms with Gasteiger partial charge in [0.05, 0.1) is 0 Å². The lowest BCUT2D eigenvalue weighted by Gasteiger charge is -2.25. The van der Waals surface area contributed by atoms with Crippen LogP contribution in [-0.2, 0) is 4.79 Å². The summed E-state index contributed by atoms with van der Waals surface area (Å²) in [7, 11) is 0. The Morgan fingerprint density at radius 2 is 1.95 bits per heavy atom. The van der Waals surface area contributed by atoms with Crippen LogP contribution in [0.15, 0.2) is 28.2 Å². The van der Waals surface area contributed by atoms with Crippen LogP contribution in [0.2, 0.25) is 0 Å². The third kappa shape index (κ3) is 4.34. The molecule has 114 valence electrons. The minimum Gasteiger partial charge on any atom is -0.478 e. The Hall–Kier alpha value is -1.29. The Bertz CT molecular complexity index is 532. The SMILES string of the molecule is CC/C(=C\c1cc(Br)ccc1N1CCCCCC1)C(=O)O. The molecule has 0 aliphatic carbocycles. The van der Waals surface area contributed by atoms with Crippen molar-refractivity contribution in [2.75, 3.05) is 18.0 Å². The molecule has 0 aromatic heterocycles. The van der Waals surface area contributed by atoms with Crippen molar-refractivity contribution in [2.45, 2.75) is 39.0 Å². The second-order valence-electron chi connectivity index (χ2n) is 5.43. The van der Waals surface area contributed by atoms with E-state index >= 15 is 0 Å². The Labute approximate surface area is 134 Å². The van der Waals surface area contributed by atoms with Crippen LogP contribution in [0.25, 0.3) is 6.08 Å². The van der Waals surface area contributed by atoms with Crippen LogP contribution >= 0.6 is 15.9 Å². The van der Waals surface area contributed by atoms with Gasteiger partial charge in [-0.25, -0.2) is 4.79 Å². The molecule has 1 saturated heterocycles. The first-order chi connectivity index (χ1) is 10.1. The van der Waals surface area contributed by atoms with E-state index in [-0.39, 0.29) is 0 Å². The van der Waals surface area contributed by atoms with E-state index in [1.807, 2.05) is 25.1 Å². The first-order valence-corrected chi connectivity index (χ1v) is 8.39. The molecule has 0 radical (unpaired) electrons. The number of benzene rings is 1. The number of aliphatic carboxylic acids is 1. The quantitative estimate of drug-likeness (QED) is 0.798. The second-order valence-corrected chi connectivity index (χ2v) is 6.35. The van der Waals surface area contributed by atoms with E-state index < -0.39 is 5.97 Å². The molecular weight excluding hydrogens is 330 g/mol. The molecule has 0 atom stereocenters. The fourth-order valence-electron chi connectivity index (χ4n) is 2.74. The van der Waals surface area contributed by atoms with Gasteiger partial charge >= 0.3 is 5.97 Å². The highest BCUT2D eigenvalue weighted by molar-refractivity contribution is 9.10. The van der Waals surface area contributed by atoms with E-state index in [0.717, 1.165) is 28.8 Å². The molecule has 1 aromatic carbocycles. The van der Waals surface area contributed by atoms with Crippen molar-refractivity contribution in [3.05, 3.63) is 33.8 Å². The van der Waals surface area contributed by atoms with E-state index in [4.69, 9.17) is 0 Å². The van der Waals surface area contributed by atoms with Crippen LogP contribution in [0.1, 0.15) is 44.6 Å². The lowest BCUT2D eigenvalue weighted by molar-refractivity contribution is -0.132. The standard InChI is InChI=1S/C17H22BrNO2/c1-2-13(17(20)21)11-14-12-15(18)7-8-16(14)19-9-5-3-4-6-10-19/h7-8,11-12H,2-6,9-10H2,1H3,(H,20,21)/b13-11+. The van der Waals surface area contributed by atoms with Gasteiger partial charge in [-0.15, -0.1) is 0 Å². The number of carbonyl (C=O) groups is 1. The van der Waals surface area contributed by atoms with E-state index in [1.54, 1.807) is 0 Å². The predicted octanol–water partition coefficient (Wildman–Crippen LogP) is 4.71. The predicted molar refractivity (Wildman–Crippen MR) is 90.7 cm³/mol. The molecule has 0 bridgehead atoms. The highest BCUT2D eigenvalue weighted by Gasteiger charge is 2.14. The zero-order chi connectivity index (χ0) is 15.2. The number of halogens is 1. The van der Waals surface area contributed by atoms with E-state index in [0.29, 0.717) is 12.0 Å². The third-order valence-electron chi connectivity index (χ3n) is 3.92. The van der Waals surface area contributed by atoms with Gasteiger partial charge in [-0.05, 0) is 49.1 Å². The van der Waals surface area contributed by atoms with Crippen molar-refractivity contribution in [3.63, 3.8) is 0 Å². The van der Waals surface area contributed by atoms with Crippen LogP contribution in [0.5, 0.6) is 0 Å². The van der Waals surface area contributed by atoms with Crippen LogP contribution in [-0.4, -0.2) is 24.2 Å². The minimum atomic E-state index is -0.834. The molecule has 1 N–H and O–H groups in total. The molecule has 1 aliphatic heterocycles. The summed E-state index contributed by atoms with van der Waals surface area (Å²) in [5.74, 6) is -0.834. The minimum absolute atomic E-state index is 0.448. The second kappa shape index (κ2) is 7.64. The van der Waals surface area contributed by atoms with Crippen molar-refractivity contribution in [3.8, 4) is 0 Å². The maximum atomic E-state index is 11.3.